The first kappa shape index (κ1) is 19.4. The van der Waals surface area contributed by atoms with Crippen molar-refractivity contribution in [2.45, 2.75) is 12.1 Å². The van der Waals surface area contributed by atoms with Crippen LogP contribution in [-0.2, 0) is 21.6 Å². The highest BCUT2D eigenvalue weighted by Gasteiger charge is 2.47. The van der Waals surface area contributed by atoms with Gasteiger partial charge in [-0.2, -0.15) is 0 Å². The number of esters is 1. The molecule has 0 bridgehead atoms. The van der Waals surface area contributed by atoms with Gasteiger partial charge in [-0.25, -0.2) is 9.59 Å². The van der Waals surface area contributed by atoms with Gasteiger partial charge in [-0.15, -0.1) is 0 Å². The molecule has 3 rings (SSSR count). The minimum atomic E-state index is -1.23. The van der Waals surface area contributed by atoms with Gasteiger partial charge in [0.05, 0.1) is 19.8 Å². The number of nitrogens with one attached hydrogen (secondary N) is 3. The van der Waals surface area contributed by atoms with Crippen LogP contribution in [0.1, 0.15) is 21.5 Å². The summed E-state index contributed by atoms with van der Waals surface area (Å²) in [4.78, 5) is 36.4. The molecule has 1 aliphatic rings. The molecule has 1 saturated heterocycles. The van der Waals surface area contributed by atoms with E-state index >= 15 is 0 Å². The molecule has 2 aromatic rings. The Morgan fingerprint density at radius 1 is 1.11 bits per heavy atom. The van der Waals surface area contributed by atoms with E-state index in [0.717, 1.165) is 0 Å². The third kappa shape index (κ3) is 3.67. The van der Waals surface area contributed by atoms with E-state index in [0.29, 0.717) is 22.4 Å². The number of carbonyl (C=O) groups is 3. The number of urea groups is 1. The number of rotatable bonds is 7. The molecule has 8 nitrogen and oxygen atoms in total. The summed E-state index contributed by atoms with van der Waals surface area (Å²) in [6.07, 6.45) is 0. The summed E-state index contributed by atoms with van der Waals surface area (Å²) in [5.41, 5.74) is 0.469. The Kier molecular flexibility index (Phi) is 5.60. The molecule has 28 heavy (non-hydrogen) atoms. The molecule has 2 aromatic carbocycles. The molecule has 0 radical (unpaired) electrons. The molecule has 3 N–H and O–H groups in total. The van der Waals surface area contributed by atoms with E-state index in [9.17, 15) is 14.4 Å². The summed E-state index contributed by atoms with van der Waals surface area (Å²) in [7, 11) is 2.85. The average molecular weight is 383 g/mol. The maximum atomic E-state index is 12.5. The van der Waals surface area contributed by atoms with Crippen LogP contribution in [-0.4, -0.2) is 38.7 Å². The van der Waals surface area contributed by atoms with E-state index in [1.165, 1.54) is 14.2 Å². The number of imide groups is 1. The Morgan fingerprint density at radius 2 is 1.86 bits per heavy atom. The Balaban J connectivity index is 1.83. The van der Waals surface area contributed by atoms with Crippen molar-refractivity contribution < 1.29 is 23.9 Å². The third-order valence-electron chi connectivity index (χ3n) is 4.63. The van der Waals surface area contributed by atoms with Gasteiger partial charge in [-0.05, 0) is 29.3 Å². The van der Waals surface area contributed by atoms with Crippen molar-refractivity contribution in [1.29, 1.82) is 0 Å². The highest BCUT2D eigenvalue weighted by molar-refractivity contribution is 6.07. The second-order valence-electron chi connectivity index (χ2n) is 6.30. The van der Waals surface area contributed by atoms with Crippen LogP contribution < -0.4 is 20.7 Å². The Morgan fingerprint density at radius 3 is 2.46 bits per heavy atom. The number of hydrogen-bond donors (Lipinski definition) is 3. The first-order valence-corrected chi connectivity index (χ1v) is 8.65. The molecule has 1 fully saturated rings. The number of methoxy groups -OCH3 is 2. The fourth-order valence-electron chi connectivity index (χ4n) is 3.18. The van der Waals surface area contributed by atoms with Crippen LogP contribution in [0.2, 0.25) is 0 Å². The molecule has 1 aliphatic heterocycles. The molecule has 0 saturated carbocycles. The summed E-state index contributed by atoms with van der Waals surface area (Å²) >= 11 is 0. The fourth-order valence-corrected chi connectivity index (χ4v) is 3.18. The predicted molar refractivity (Wildman–Crippen MR) is 101 cm³/mol. The summed E-state index contributed by atoms with van der Waals surface area (Å²) in [5, 5.41) is 8.17. The fraction of sp³-hybridized carbons (Fsp3) is 0.250. The Hall–Kier alpha value is -3.39. The van der Waals surface area contributed by atoms with Gasteiger partial charge in [0.1, 0.15) is 5.75 Å². The van der Waals surface area contributed by atoms with Crippen molar-refractivity contribution in [1.82, 2.24) is 16.0 Å². The number of benzene rings is 2. The highest BCUT2D eigenvalue weighted by atomic mass is 16.5. The largest absolute Gasteiger partial charge is 0.497 e. The maximum absolute atomic E-state index is 12.5. The second kappa shape index (κ2) is 8.10. The topological polar surface area (TPSA) is 106 Å². The summed E-state index contributed by atoms with van der Waals surface area (Å²) in [5.74, 6) is -0.312. The highest BCUT2D eigenvalue weighted by Crippen LogP contribution is 2.25. The minimum Gasteiger partial charge on any atom is -0.497 e. The van der Waals surface area contributed by atoms with Gasteiger partial charge in [0, 0.05) is 13.1 Å². The zero-order valence-electron chi connectivity index (χ0n) is 15.6. The Bertz CT molecular complexity index is 900. The van der Waals surface area contributed by atoms with Crippen LogP contribution >= 0.6 is 0 Å². The van der Waals surface area contributed by atoms with Crippen molar-refractivity contribution in [3.63, 3.8) is 0 Å². The normalized spacial score (nSPS) is 18.4. The molecule has 1 atom stereocenters. The first-order chi connectivity index (χ1) is 13.5. The van der Waals surface area contributed by atoms with Gasteiger partial charge in [0.15, 0.2) is 5.54 Å². The zero-order valence-corrected chi connectivity index (χ0v) is 15.6. The molecular weight excluding hydrogens is 362 g/mol. The van der Waals surface area contributed by atoms with Gasteiger partial charge in [0.25, 0.3) is 5.91 Å². The van der Waals surface area contributed by atoms with Crippen molar-refractivity contribution in [3.8, 4) is 5.75 Å². The predicted octanol–water partition coefficient (Wildman–Crippen LogP) is 1.31. The lowest BCUT2D eigenvalue weighted by atomic mass is 9.89. The van der Waals surface area contributed by atoms with Gasteiger partial charge in [-0.1, -0.05) is 30.3 Å². The molecule has 0 aromatic heterocycles. The summed E-state index contributed by atoms with van der Waals surface area (Å²) < 4.78 is 10.0. The van der Waals surface area contributed by atoms with Crippen molar-refractivity contribution in [2.24, 2.45) is 0 Å². The van der Waals surface area contributed by atoms with Crippen LogP contribution in [0.3, 0.4) is 0 Å². The van der Waals surface area contributed by atoms with E-state index < -0.39 is 23.4 Å². The summed E-state index contributed by atoms with van der Waals surface area (Å²) in [6, 6.07) is 13.5. The number of carbonyl (C=O) groups excluding carboxylic acids is 3. The Labute approximate surface area is 162 Å². The molecule has 1 heterocycles. The van der Waals surface area contributed by atoms with Crippen molar-refractivity contribution >= 4 is 17.9 Å². The standard InChI is InChI=1S/C20H21N3O5/c1-27-15-8-9-16(17(24)28-2)13(10-15)11-21-12-20(14-6-4-3-5-7-14)18(25)22-19(26)23-20/h3-10,21H,11-12H2,1-2H3,(H2,22,23,25,26). The van der Waals surface area contributed by atoms with Crippen LogP contribution in [0.15, 0.2) is 48.5 Å². The SMILES string of the molecule is COC(=O)c1ccc(OC)cc1CNCC1(c2ccccc2)NC(=O)NC1=O. The van der Waals surface area contributed by atoms with Gasteiger partial charge in [-0.3, -0.25) is 10.1 Å². The molecular formula is C20H21N3O5. The summed E-state index contributed by atoms with van der Waals surface area (Å²) in [6.45, 7) is 0.395. The van der Waals surface area contributed by atoms with Crippen LogP contribution in [0, 0.1) is 0 Å². The molecule has 3 amide bonds. The monoisotopic (exact) mass is 383 g/mol. The molecule has 146 valence electrons. The second-order valence-corrected chi connectivity index (χ2v) is 6.30. The van der Waals surface area contributed by atoms with Gasteiger partial charge >= 0.3 is 12.0 Å². The van der Waals surface area contributed by atoms with E-state index in [1.807, 2.05) is 6.07 Å². The first-order valence-electron chi connectivity index (χ1n) is 8.65. The van der Waals surface area contributed by atoms with E-state index in [2.05, 4.69) is 16.0 Å². The lowest BCUT2D eigenvalue weighted by Gasteiger charge is -2.27. The third-order valence-corrected chi connectivity index (χ3v) is 4.63. The average Bonchev–Trinajstić information content (AvgIpc) is 3.02. The lowest BCUT2D eigenvalue weighted by Crippen LogP contribution is -2.51. The number of ether oxygens (including phenoxy) is 2. The quantitative estimate of drug-likeness (QED) is 0.492. The molecule has 0 spiro atoms. The van der Waals surface area contributed by atoms with Crippen molar-refractivity contribution in [3.05, 3.63) is 65.2 Å². The van der Waals surface area contributed by atoms with Gasteiger partial charge < -0.3 is 20.1 Å². The molecule has 1 unspecified atom stereocenters. The molecule has 0 aliphatic carbocycles. The van der Waals surface area contributed by atoms with Crippen LogP contribution in [0.25, 0.3) is 0 Å². The van der Waals surface area contributed by atoms with Gasteiger partial charge in [0.2, 0.25) is 0 Å². The maximum Gasteiger partial charge on any atom is 0.338 e. The van der Waals surface area contributed by atoms with Crippen LogP contribution in [0.5, 0.6) is 5.75 Å². The lowest BCUT2D eigenvalue weighted by molar-refractivity contribution is -0.124. The number of hydrogen-bond acceptors (Lipinski definition) is 6. The smallest absolute Gasteiger partial charge is 0.338 e. The zero-order chi connectivity index (χ0) is 20.1. The molecule has 8 heteroatoms. The van der Waals surface area contributed by atoms with E-state index in [4.69, 9.17) is 9.47 Å². The van der Waals surface area contributed by atoms with Crippen LogP contribution in [0.4, 0.5) is 4.79 Å². The van der Waals surface area contributed by atoms with E-state index in [1.54, 1.807) is 42.5 Å². The van der Waals surface area contributed by atoms with Crippen molar-refractivity contribution in [2.75, 3.05) is 20.8 Å². The minimum absolute atomic E-state index is 0.131. The number of amides is 3. The van der Waals surface area contributed by atoms with E-state index in [-0.39, 0.29) is 13.1 Å².